The largest absolute Gasteiger partial charge is 0.496 e. The molecular weight excluding hydrogens is 375 g/mol. The molecule has 1 unspecified atom stereocenters. The fraction of sp³-hybridized carbons (Fsp3) is 0.167. The number of benzene rings is 2. The van der Waals surface area contributed by atoms with Gasteiger partial charge >= 0.3 is 0 Å². The van der Waals surface area contributed by atoms with E-state index in [9.17, 15) is 4.39 Å². The van der Waals surface area contributed by atoms with Crippen LogP contribution < -0.4 is 15.2 Å². The molecule has 0 radical (unpaired) electrons. The Labute approximate surface area is 147 Å². The molecule has 1 aromatic heterocycles. The Balaban J connectivity index is 2.11. The van der Waals surface area contributed by atoms with Crippen LogP contribution in [0.5, 0.6) is 17.2 Å². The Hall–Kier alpha value is -2.34. The first-order chi connectivity index (χ1) is 11.5. The number of alkyl halides is 1. The molecule has 3 rings (SSSR count). The molecule has 0 aliphatic carbocycles. The smallest absolute Gasteiger partial charge is 0.167 e. The molecule has 4 nitrogen and oxygen atoms in total. The molecule has 2 aromatic carbocycles. The highest BCUT2D eigenvalue weighted by Gasteiger charge is 2.14. The number of halogens is 2. The minimum absolute atomic E-state index is 0.105. The van der Waals surface area contributed by atoms with Crippen LogP contribution in [0.4, 0.5) is 10.1 Å². The van der Waals surface area contributed by atoms with E-state index in [1.807, 2.05) is 19.1 Å². The van der Waals surface area contributed by atoms with Crippen LogP contribution in [0.1, 0.15) is 17.3 Å². The number of aromatic nitrogens is 1. The molecule has 0 amide bonds. The van der Waals surface area contributed by atoms with Gasteiger partial charge in [0.25, 0.3) is 0 Å². The first-order valence-corrected chi connectivity index (χ1v) is 8.24. The summed E-state index contributed by atoms with van der Waals surface area (Å²) >= 11 is 3.55. The Kier molecular flexibility index (Phi) is 4.57. The maximum Gasteiger partial charge on any atom is 0.167 e. The average molecular weight is 391 g/mol. The van der Waals surface area contributed by atoms with Crippen LogP contribution in [0.2, 0.25) is 0 Å². The molecule has 0 saturated heterocycles. The Morgan fingerprint density at radius 3 is 2.58 bits per heavy atom. The van der Waals surface area contributed by atoms with Crippen molar-refractivity contribution in [1.82, 2.24) is 4.98 Å². The van der Waals surface area contributed by atoms with Gasteiger partial charge in [-0.1, -0.05) is 15.9 Å². The average Bonchev–Trinajstić information content (AvgIpc) is 2.56. The topological polar surface area (TPSA) is 57.4 Å². The van der Waals surface area contributed by atoms with Gasteiger partial charge in [-0.2, -0.15) is 0 Å². The lowest BCUT2D eigenvalue weighted by atomic mass is 10.1. The fourth-order valence-corrected chi connectivity index (χ4v) is 2.82. The van der Waals surface area contributed by atoms with Gasteiger partial charge < -0.3 is 15.2 Å². The minimum atomic E-state index is -0.516. The zero-order chi connectivity index (χ0) is 17.3. The molecule has 124 valence electrons. The van der Waals surface area contributed by atoms with Crippen molar-refractivity contribution < 1.29 is 13.9 Å². The Bertz CT molecular complexity index is 900. The van der Waals surface area contributed by atoms with Crippen LogP contribution in [-0.4, -0.2) is 12.1 Å². The molecule has 1 atom stereocenters. The number of pyridine rings is 1. The van der Waals surface area contributed by atoms with E-state index in [4.69, 9.17) is 15.2 Å². The molecule has 24 heavy (non-hydrogen) atoms. The third kappa shape index (κ3) is 3.14. The molecule has 2 N–H and O–H groups in total. The van der Waals surface area contributed by atoms with Gasteiger partial charge in [-0.05, 0) is 37.3 Å². The van der Waals surface area contributed by atoms with Crippen molar-refractivity contribution in [2.75, 3.05) is 12.8 Å². The van der Waals surface area contributed by atoms with Crippen molar-refractivity contribution >= 4 is 32.5 Å². The number of nitrogens with two attached hydrogens (primary N) is 1. The summed E-state index contributed by atoms with van der Waals surface area (Å²) in [6, 6.07) is 9.79. The zero-order valence-electron chi connectivity index (χ0n) is 13.2. The van der Waals surface area contributed by atoms with E-state index in [1.165, 1.54) is 12.1 Å². The summed E-state index contributed by atoms with van der Waals surface area (Å²) in [7, 11) is 1.61. The van der Waals surface area contributed by atoms with Crippen LogP contribution in [0.25, 0.3) is 10.9 Å². The minimum Gasteiger partial charge on any atom is -0.496 e. The van der Waals surface area contributed by atoms with Crippen LogP contribution >= 0.6 is 15.9 Å². The molecule has 0 saturated carbocycles. The van der Waals surface area contributed by atoms with E-state index >= 15 is 0 Å². The molecule has 0 aliphatic rings. The van der Waals surface area contributed by atoms with Crippen molar-refractivity contribution in [3.05, 3.63) is 54.0 Å². The summed E-state index contributed by atoms with van der Waals surface area (Å²) in [6.07, 6.45) is 1.63. The van der Waals surface area contributed by atoms with Gasteiger partial charge in [0.15, 0.2) is 11.6 Å². The second kappa shape index (κ2) is 6.65. The first-order valence-electron chi connectivity index (χ1n) is 7.33. The number of ether oxygens (including phenoxy) is 2. The summed E-state index contributed by atoms with van der Waals surface area (Å²) in [5.41, 5.74) is 7.63. The lowest BCUT2D eigenvalue weighted by Gasteiger charge is -2.14. The number of rotatable bonds is 4. The summed E-state index contributed by atoms with van der Waals surface area (Å²) in [5, 5.41) is 0.738. The molecule has 3 aromatic rings. The van der Waals surface area contributed by atoms with Crippen LogP contribution in [0, 0.1) is 5.82 Å². The highest BCUT2D eigenvalue weighted by molar-refractivity contribution is 9.09. The summed E-state index contributed by atoms with van der Waals surface area (Å²) in [6.45, 7) is 2.01. The van der Waals surface area contributed by atoms with Crippen LogP contribution in [0.3, 0.4) is 0 Å². The highest BCUT2D eigenvalue weighted by Crippen LogP contribution is 2.38. The standard InChI is InChI=1S/C18H16BrFN2O2/c1-10(19)12-8-15-13(9-18(12)23-2)16(5-6-22-15)24-17-4-3-11(21)7-14(17)20/h3-10H,21H2,1-2H3. The van der Waals surface area contributed by atoms with Gasteiger partial charge in [0.1, 0.15) is 11.5 Å². The maximum atomic E-state index is 14.0. The number of nitrogen functional groups attached to an aromatic ring is 1. The van der Waals surface area contributed by atoms with Crippen molar-refractivity contribution in [3.8, 4) is 17.2 Å². The molecular formula is C18H16BrFN2O2. The number of hydrogen-bond acceptors (Lipinski definition) is 4. The van der Waals surface area contributed by atoms with Gasteiger partial charge in [0.2, 0.25) is 0 Å². The number of fused-ring (bicyclic) bond motifs is 1. The van der Waals surface area contributed by atoms with Crippen molar-refractivity contribution in [2.45, 2.75) is 11.8 Å². The quantitative estimate of drug-likeness (QED) is 0.490. The van der Waals surface area contributed by atoms with Crippen LogP contribution in [0.15, 0.2) is 42.6 Å². The second-order valence-electron chi connectivity index (χ2n) is 5.33. The van der Waals surface area contributed by atoms with Crippen molar-refractivity contribution in [3.63, 3.8) is 0 Å². The normalized spacial score (nSPS) is 12.2. The van der Waals surface area contributed by atoms with E-state index in [2.05, 4.69) is 20.9 Å². The van der Waals surface area contributed by atoms with E-state index in [0.717, 1.165) is 16.5 Å². The number of methoxy groups -OCH3 is 1. The second-order valence-corrected chi connectivity index (χ2v) is 6.70. The molecule has 6 heteroatoms. The zero-order valence-corrected chi connectivity index (χ0v) is 14.8. The third-order valence-corrected chi connectivity index (χ3v) is 4.15. The molecule has 1 heterocycles. The van der Waals surface area contributed by atoms with Gasteiger partial charge in [0.05, 0.1) is 12.6 Å². The molecule has 0 bridgehead atoms. The summed E-state index contributed by atoms with van der Waals surface area (Å²) in [5.74, 6) is 0.796. The number of nitrogens with zero attached hydrogens (tertiary/aromatic N) is 1. The third-order valence-electron chi connectivity index (χ3n) is 3.66. The van der Waals surface area contributed by atoms with E-state index in [1.54, 1.807) is 25.4 Å². The molecule has 0 spiro atoms. The molecule has 0 aliphatic heterocycles. The van der Waals surface area contributed by atoms with Crippen molar-refractivity contribution in [1.29, 1.82) is 0 Å². The maximum absolute atomic E-state index is 14.0. The SMILES string of the molecule is COc1cc2c(Oc3ccc(N)cc3F)ccnc2cc1C(C)Br. The highest BCUT2D eigenvalue weighted by atomic mass is 79.9. The number of hydrogen-bond donors (Lipinski definition) is 1. The van der Waals surface area contributed by atoms with Gasteiger partial charge in [0, 0.05) is 33.7 Å². The Morgan fingerprint density at radius 1 is 1.12 bits per heavy atom. The molecule has 0 fully saturated rings. The lowest BCUT2D eigenvalue weighted by molar-refractivity contribution is 0.410. The van der Waals surface area contributed by atoms with Gasteiger partial charge in [-0.3, -0.25) is 4.98 Å². The first kappa shape index (κ1) is 16.5. The Morgan fingerprint density at radius 2 is 1.92 bits per heavy atom. The van der Waals surface area contributed by atoms with Crippen molar-refractivity contribution in [2.24, 2.45) is 0 Å². The predicted molar refractivity (Wildman–Crippen MR) is 96.5 cm³/mol. The van der Waals surface area contributed by atoms with E-state index in [-0.39, 0.29) is 10.6 Å². The summed E-state index contributed by atoms with van der Waals surface area (Å²) < 4.78 is 25.2. The van der Waals surface area contributed by atoms with Gasteiger partial charge in [-0.15, -0.1) is 0 Å². The van der Waals surface area contributed by atoms with E-state index in [0.29, 0.717) is 17.2 Å². The van der Waals surface area contributed by atoms with E-state index < -0.39 is 5.82 Å². The van der Waals surface area contributed by atoms with Gasteiger partial charge in [-0.25, -0.2) is 4.39 Å². The fourth-order valence-electron chi connectivity index (χ4n) is 2.46. The predicted octanol–water partition coefficient (Wildman–Crippen LogP) is 5.21. The summed E-state index contributed by atoms with van der Waals surface area (Å²) in [4.78, 5) is 4.48. The lowest BCUT2D eigenvalue weighted by Crippen LogP contribution is -1.96. The number of anilines is 1. The van der Waals surface area contributed by atoms with Crippen LogP contribution in [-0.2, 0) is 0 Å². The monoisotopic (exact) mass is 390 g/mol.